The van der Waals surface area contributed by atoms with Crippen molar-refractivity contribution in [3.05, 3.63) is 29.8 Å². The number of guanidine groups is 1. The van der Waals surface area contributed by atoms with Crippen molar-refractivity contribution in [2.45, 2.75) is 37.3 Å². The van der Waals surface area contributed by atoms with Crippen LogP contribution in [-0.2, 0) is 26.0 Å². The standard InChI is InChI=1S/C18H30N4O4S/c1-3-25-12-10-20-18(19-2)21-13-15-6-8-17(9-7-15)27(23,24)22-14-16-5-4-11-26-16/h6-9,16,22H,3-5,10-14H2,1-2H3,(H2,19,20,21). The summed E-state index contributed by atoms with van der Waals surface area (Å²) in [5.74, 6) is 0.671. The van der Waals surface area contributed by atoms with Crippen LogP contribution in [0.5, 0.6) is 0 Å². The molecule has 8 nitrogen and oxygen atoms in total. The van der Waals surface area contributed by atoms with Crippen molar-refractivity contribution in [1.29, 1.82) is 0 Å². The molecule has 1 heterocycles. The van der Waals surface area contributed by atoms with Crippen LogP contribution >= 0.6 is 0 Å². The molecule has 0 spiro atoms. The van der Waals surface area contributed by atoms with E-state index in [1.165, 1.54) is 0 Å². The fraction of sp³-hybridized carbons (Fsp3) is 0.611. The van der Waals surface area contributed by atoms with Crippen molar-refractivity contribution in [3.63, 3.8) is 0 Å². The normalized spacial score (nSPS) is 17.9. The summed E-state index contributed by atoms with van der Waals surface area (Å²) in [6.07, 6.45) is 1.86. The van der Waals surface area contributed by atoms with Crippen molar-refractivity contribution in [3.8, 4) is 0 Å². The van der Waals surface area contributed by atoms with Gasteiger partial charge in [-0.3, -0.25) is 4.99 Å². The minimum Gasteiger partial charge on any atom is -0.380 e. The number of aliphatic imine (C=N–C) groups is 1. The third kappa shape index (κ3) is 7.45. The maximum absolute atomic E-state index is 12.4. The van der Waals surface area contributed by atoms with Crippen LogP contribution in [0.1, 0.15) is 25.3 Å². The molecule has 1 fully saturated rings. The van der Waals surface area contributed by atoms with Gasteiger partial charge >= 0.3 is 0 Å². The minimum atomic E-state index is -3.52. The zero-order valence-corrected chi connectivity index (χ0v) is 16.8. The Kier molecular flexibility index (Phi) is 8.99. The summed E-state index contributed by atoms with van der Waals surface area (Å²) < 4.78 is 38.1. The zero-order chi connectivity index (χ0) is 19.5. The van der Waals surface area contributed by atoms with E-state index in [-0.39, 0.29) is 11.0 Å². The molecule has 1 unspecified atom stereocenters. The van der Waals surface area contributed by atoms with Gasteiger partial charge in [-0.2, -0.15) is 0 Å². The number of ether oxygens (including phenoxy) is 2. The molecule has 0 saturated carbocycles. The topological polar surface area (TPSA) is 101 Å². The molecule has 0 bridgehead atoms. The number of nitrogens with zero attached hydrogens (tertiary/aromatic N) is 1. The van der Waals surface area contributed by atoms with Gasteiger partial charge in [-0.05, 0) is 37.5 Å². The lowest BCUT2D eigenvalue weighted by Gasteiger charge is -2.13. The Bertz CT molecular complexity index is 686. The quantitative estimate of drug-likeness (QED) is 0.307. The first kappa shape index (κ1) is 21.6. The smallest absolute Gasteiger partial charge is 0.240 e. The summed E-state index contributed by atoms with van der Waals surface area (Å²) in [6, 6.07) is 6.81. The van der Waals surface area contributed by atoms with E-state index < -0.39 is 10.0 Å². The van der Waals surface area contributed by atoms with Crippen LogP contribution in [0.3, 0.4) is 0 Å². The van der Waals surface area contributed by atoms with Crippen molar-refractivity contribution >= 4 is 16.0 Å². The van der Waals surface area contributed by atoms with E-state index in [4.69, 9.17) is 9.47 Å². The van der Waals surface area contributed by atoms with Gasteiger partial charge in [-0.15, -0.1) is 0 Å². The van der Waals surface area contributed by atoms with E-state index in [9.17, 15) is 8.42 Å². The number of nitrogens with one attached hydrogen (secondary N) is 3. The molecule has 1 saturated heterocycles. The third-order valence-electron chi connectivity index (χ3n) is 4.19. The van der Waals surface area contributed by atoms with E-state index in [1.54, 1.807) is 31.3 Å². The van der Waals surface area contributed by atoms with Gasteiger partial charge in [0.1, 0.15) is 0 Å². The summed E-state index contributed by atoms with van der Waals surface area (Å²) in [5.41, 5.74) is 0.959. The number of hydrogen-bond donors (Lipinski definition) is 3. The van der Waals surface area contributed by atoms with E-state index in [2.05, 4.69) is 20.3 Å². The summed E-state index contributed by atoms with van der Waals surface area (Å²) >= 11 is 0. The molecule has 1 aliphatic heterocycles. The molecule has 1 aromatic rings. The van der Waals surface area contributed by atoms with Crippen LogP contribution < -0.4 is 15.4 Å². The van der Waals surface area contributed by atoms with Gasteiger partial charge in [0.15, 0.2) is 5.96 Å². The Morgan fingerprint density at radius 1 is 1.30 bits per heavy atom. The Morgan fingerprint density at radius 3 is 2.70 bits per heavy atom. The summed E-state index contributed by atoms with van der Waals surface area (Å²) in [7, 11) is -1.82. The Labute approximate surface area is 161 Å². The second-order valence-corrected chi connectivity index (χ2v) is 7.95. The first-order valence-electron chi connectivity index (χ1n) is 9.27. The van der Waals surface area contributed by atoms with Gasteiger partial charge in [0, 0.05) is 39.9 Å². The molecular weight excluding hydrogens is 368 g/mol. The van der Waals surface area contributed by atoms with E-state index in [0.717, 1.165) is 18.4 Å². The molecule has 0 aliphatic carbocycles. The fourth-order valence-electron chi connectivity index (χ4n) is 2.67. The average molecular weight is 399 g/mol. The van der Waals surface area contributed by atoms with Crippen LogP contribution in [0.2, 0.25) is 0 Å². The first-order chi connectivity index (χ1) is 13.0. The Morgan fingerprint density at radius 2 is 2.07 bits per heavy atom. The number of rotatable bonds is 10. The van der Waals surface area contributed by atoms with Crippen molar-refractivity contribution in [2.75, 3.05) is 40.0 Å². The Balaban J connectivity index is 1.81. The highest BCUT2D eigenvalue weighted by Crippen LogP contribution is 2.14. The van der Waals surface area contributed by atoms with Gasteiger partial charge in [-0.1, -0.05) is 12.1 Å². The van der Waals surface area contributed by atoms with Crippen molar-refractivity contribution < 1.29 is 17.9 Å². The van der Waals surface area contributed by atoms with Crippen LogP contribution in [-0.4, -0.2) is 60.4 Å². The van der Waals surface area contributed by atoms with Crippen LogP contribution in [0, 0.1) is 0 Å². The van der Waals surface area contributed by atoms with Gasteiger partial charge in [-0.25, -0.2) is 13.1 Å². The fourth-order valence-corrected chi connectivity index (χ4v) is 3.74. The summed E-state index contributed by atoms with van der Waals surface area (Å²) in [4.78, 5) is 4.39. The van der Waals surface area contributed by atoms with E-state index in [0.29, 0.717) is 45.4 Å². The van der Waals surface area contributed by atoms with Gasteiger partial charge < -0.3 is 20.1 Å². The molecule has 0 aromatic heterocycles. The molecular formula is C18H30N4O4S. The SMILES string of the molecule is CCOCCNC(=NC)NCc1ccc(S(=O)(=O)NCC2CCCO2)cc1. The predicted molar refractivity (Wildman–Crippen MR) is 105 cm³/mol. The number of sulfonamides is 1. The second-order valence-electron chi connectivity index (χ2n) is 6.18. The van der Waals surface area contributed by atoms with Crippen LogP contribution in [0.25, 0.3) is 0 Å². The van der Waals surface area contributed by atoms with Gasteiger partial charge in [0.05, 0.1) is 17.6 Å². The van der Waals surface area contributed by atoms with E-state index >= 15 is 0 Å². The minimum absolute atomic E-state index is 0.0229. The predicted octanol–water partition coefficient (Wildman–Crippen LogP) is 0.845. The highest BCUT2D eigenvalue weighted by Gasteiger charge is 2.20. The van der Waals surface area contributed by atoms with E-state index in [1.807, 2.05) is 6.92 Å². The average Bonchev–Trinajstić information content (AvgIpc) is 3.20. The van der Waals surface area contributed by atoms with Gasteiger partial charge in [0.25, 0.3) is 0 Å². The summed E-state index contributed by atoms with van der Waals surface area (Å²) in [6.45, 7) is 5.48. The molecule has 152 valence electrons. The molecule has 2 rings (SSSR count). The molecule has 0 radical (unpaired) electrons. The lowest BCUT2D eigenvalue weighted by molar-refractivity contribution is 0.114. The van der Waals surface area contributed by atoms with Crippen molar-refractivity contribution in [1.82, 2.24) is 15.4 Å². The molecule has 3 N–H and O–H groups in total. The molecule has 0 amide bonds. The maximum atomic E-state index is 12.4. The monoisotopic (exact) mass is 398 g/mol. The molecule has 9 heteroatoms. The highest BCUT2D eigenvalue weighted by atomic mass is 32.2. The molecule has 1 atom stereocenters. The molecule has 1 aromatic carbocycles. The first-order valence-corrected chi connectivity index (χ1v) is 10.8. The summed E-state index contributed by atoms with van der Waals surface area (Å²) in [5, 5.41) is 6.33. The zero-order valence-electron chi connectivity index (χ0n) is 16.0. The van der Waals surface area contributed by atoms with Gasteiger partial charge in [0.2, 0.25) is 10.0 Å². The van der Waals surface area contributed by atoms with Crippen molar-refractivity contribution in [2.24, 2.45) is 4.99 Å². The Hall–Kier alpha value is -1.68. The van der Waals surface area contributed by atoms with Crippen LogP contribution in [0.15, 0.2) is 34.2 Å². The molecule has 1 aliphatic rings. The number of hydrogen-bond acceptors (Lipinski definition) is 5. The number of benzene rings is 1. The van der Waals surface area contributed by atoms with Crippen LogP contribution in [0.4, 0.5) is 0 Å². The lowest BCUT2D eigenvalue weighted by Crippen LogP contribution is -2.38. The second kappa shape index (κ2) is 11.2. The maximum Gasteiger partial charge on any atom is 0.240 e. The largest absolute Gasteiger partial charge is 0.380 e. The lowest BCUT2D eigenvalue weighted by atomic mass is 10.2. The highest BCUT2D eigenvalue weighted by molar-refractivity contribution is 7.89. The molecule has 27 heavy (non-hydrogen) atoms. The third-order valence-corrected chi connectivity index (χ3v) is 5.62.